The zero-order chi connectivity index (χ0) is 17.1. The third kappa shape index (κ3) is 1.95. The molecule has 1 aromatic heterocycles. The predicted molar refractivity (Wildman–Crippen MR) is 98.0 cm³/mol. The molecule has 0 bridgehead atoms. The van der Waals surface area contributed by atoms with Crippen LogP contribution in [0.5, 0.6) is 0 Å². The van der Waals surface area contributed by atoms with Gasteiger partial charge in [0.05, 0.1) is 5.69 Å². The van der Waals surface area contributed by atoms with Crippen molar-refractivity contribution in [3.63, 3.8) is 0 Å². The molecule has 1 nitrogen and oxygen atoms in total. The molecule has 0 atom stereocenters. The maximum absolute atomic E-state index is 15.0. The highest BCUT2D eigenvalue weighted by Gasteiger charge is 2.36. The first-order valence-corrected chi connectivity index (χ1v) is 8.73. The SMILES string of the molecule is CCc1cc(F)c2c(c1)-c1nc(CC)cc3cccc(c13)C2(C)C. The summed E-state index contributed by atoms with van der Waals surface area (Å²) in [5.74, 6) is -0.110. The van der Waals surface area contributed by atoms with Gasteiger partial charge < -0.3 is 0 Å². The molecule has 0 radical (unpaired) electrons. The summed E-state index contributed by atoms with van der Waals surface area (Å²) in [6, 6.07) is 12.3. The third-order valence-corrected chi connectivity index (χ3v) is 5.38. The molecule has 0 saturated carbocycles. The number of halogens is 1. The van der Waals surface area contributed by atoms with E-state index in [1.54, 1.807) is 6.07 Å². The van der Waals surface area contributed by atoms with Gasteiger partial charge in [-0.15, -0.1) is 0 Å². The average molecular weight is 319 g/mol. The number of hydrogen-bond donors (Lipinski definition) is 0. The van der Waals surface area contributed by atoms with Gasteiger partial charge in [-0.3, -0.25) is 4.98 Å². The molecule has 0 saturated heterocycles. The van der Waals surface area contributed by atoms with Crippen molar-refractivity contribution < 1.29 is 4.39 Å². The highest BCUT2D eigenvalue weighted by Crippen LogP contribution is 2.49. The van der Waals surface area contributed by atoms with E-state index >= 15 is 4.39 Å². The fraction of sp³-hybridized carbons (Fsp3) is 0.318. The Kier molecular flexibility index (Phi) is 3.28. The first kappa shape index (κ1) is 15.3. The molecule has 122 valence electrons. The Hall–Kier alpha value is -2.22. The maximum Gasteiger partial charge on any atom is 0.128 e. The number of benzene rings is 2. The number of fused-ring (bicyclic) bond motifs is 2. The average Bonchev–Trinajstić information content (AvgIpc) is 2.58. The Bertz CT molecular complexity index is 969. The molecule has 0 spiro atoms. The molecule has 3 aromatic rings. The van der Waals surface area contributed by atoms with Crippen molar-refractivity contribution in [3.05, 3.63) is 64.6 Å². The van der Waals surface area contributed by atoms with Crippen LogP contribution in [-0.4, -0.2) is 4.98 Å². The van der Waals surface area contributed by atoms with Crippen LogP contribution in [0.3, 0.4) is 0 Å². The van der Waals surface area contributed by atoms with Crippen LogP contribution >= 0.6 is 0 Å². The van der Waals surface area contributed by atoms with Crippen LogP contribution < -0.4 is 0 Å². The van der Waals surface area contributed by atoms with Crippen LogP contribution in [0.4, 0.5) is 4.39 Å². The largest absolute Gasteiger partial charge is 0.252 e. The highest BCUT2D eigenvalue weighted by molar-refractivity contribution is 6.01. The van der Waals surface area contributed by atoms with E-state index in [-0.39, 0.29) is 11.2 Å². The van der Waals surface area contributed by atoms with E-state index in [2.05, 4.69) is 58.0 Å². The Labute approximate surface area is 142 Å². The zero-order valence-corrected chi connectivity index (χ0v) is 14.7. The summed E-state index contributed by atoms with van der Waals surface area (Å²) in [6.45, 7) is 8.41. The molecule has 1 heterocycles. The van der Waals surface area contributed by atoms with Crippen molar-refractivity contribution in [2.75, 3.05) is 0 Å². The minimum atomic E-state index is -0.367. The first-order valence-electron chi connectivity index (χ1n) is 8.73. The Balaban J connectivity index is 2.22. The fourth-order valence-corrected chi connectivity index (χ4v) is 4.09. The first-order chi connectivity index (χ1) is 11.5. The van der Waals surface area contributed by atoms with E-state index in [0.29, 0.717) is 0 Å². The number of rotatable bonds is 2. The molecule has 1 aliphatic rings. The molecule has 4 rings (SSSR count). The van der Waals surface area contributed by atoms with Crippen molar-refractivity contribution in [1.82, 2.24) is 4.98 Å². The van der Waals surface area contributed by atoms with E-state index in [9.17, 15) is 0 Å². The van der Waals surface area contributed by atoms with Gasteiger partial charge in [-0.25, -0.2) is 4.39 Å². The van der Waals surface area contributed by atoms with Crippen LogP contribution in [0.15, 0.2) is 36.4 Å². The second-order valence-corrected chi connectivity index (χ2v) is 7.20. The van der Waals surface area contributed by atoms with Gasteiger partial charge >= 0.3 is 0 Å². The minimum Gasteiger partial charge on any atom is -0.252 e. The molecule has 0 N–H and O–H groups in total. The van der Waals surface area contributed by atoms with Gasteiger partial charge in [0.25, 0.3) is 0 Å². The topological polar surface area (TPSA) is 12.9 Å². The van der Waals surface area contributed by atoms with Gasteiger partial charge in [0, 0.05) is 27.6 Å². The Morgan fingerprint density at radius 2 is 1.83 bits per heavy atom. The molecule has 2 heteroatoms. The van der Waals surface area contributed by atoms with Gasteiger partial charge in [0.2, 0.25) is 0 Å². The zero-order valence-electron chi connectivity index (χ0n) is 14.7. The number of hydrogen-bond acceptors (Lipinski definition) is 1. The van der Waals surface area contributed by atoms with Crippen molar-refractivity contribution >= 4 is 10.8 Å². The summed E-state index contributed by atoms with van der Waals surface area (Å²) < 4.78 is 15.0. The highest BCUT2D eigenvalue weighted by atomic mass is 19.1. The number of aromatic nitrogens is 1. The molecule has 0 amide bonds. The second-order valence-electron chi connectivity index (χ2n) is 7.20. The maximum atomic E-state index is 15.0. The normalized spacial score (nSPS) is 14.7. The lowest BCUT2D eigenvalue weighted by atomic mass is 9.69. The lowest BCUT2D eigenvalue weighted by Crippen LogP contribution is -2.26. The van der Waals surface area contributed by atoms with E-state index in [0.717, 1.165) is 40.9 Å². The minimum absolute atomic E-state index is 0.110. The van der Waals surface area contributed by atoms with Gasteiger partial charge in [0.1, 0.15) is 5.82 Å². The van der Waals surface area contributed by atoms with Crippen molar-refractivity contribution in [1.29, 1.82) is 0 Å². The molecule has 24 heavy (non-hydrogen) atoms. The molecule has 2 aromatic carbocycles. The predicted octanol–water partition coefficient (Wildman–Crippen LogP) is 5.81. The summed E-state index contributed by atoms with van der Waals surface area (Å²) >= 11 is 0. The van der Waals surface area contributed by atoms with Gasteiger partial charge in [-0.2, -0.15) is 0 Å². The summed E-state index contributed by atoms with van der Waals surface area (Å²) in [5, 5.41) is 2.38. The summed E-state index contributed by atoms with van der Waals surface area (Å²) in [7, 11) is 0. The van der Waals surface area contributed by atoms with Crippen molar-refractivity contribution in [3.8, 4) is 11.3 Å². The third-order valence-electron chi connectivity index (χ3n) is 5.38. The summed E-state index contributed by atoms with van der Waals surface area (Å²) in [4.78, 5) is 4.91. The van der Waals surface area contributed by atoms with E-state index in [4.69, 9.17) is 4.98 Å². The Morgan fingerprint density at radius 1 is 1.04 bits per heavy atom. The number of pyridine rings is 1. The monoisotopic (exact) mass is 319 g/mol. The van der Waals surface area contributed by atoms with Gasteiger partial charge in [-0.05, 0) is 47.6 Å². The van der Waals surface area contributed by atoms with Gasteiger partial charge in [0.15, 0.2) is 0 Å². The van der Waals surface area contributed by atoms with Crippen LogP contribution in [0.25, 0.3) is 22.0 Å². The smallest absolute Gasteiger partial charge is 0.128 e. The molecule has 0 aliphatic heterocycles. The standard InChI is InChI=1S/C22H22FN/c1-5-13-10-16-20(18(23)11-13)22(3,4)17-9-7-8-14-12-15(6-2)24-21(16)19(14)17/h7-12H,5-6H2,1-4H3. The summed E-state index contributed by atoms with van der Waals surface area (Å²) in [6.07, 6.45) is 1.70. The van der Waals surface area contributed by atoms with Crippen LogP contribution in [0.1, 0.15) is 50.1 Å². The molecule has 0 unspecified atom stereocenters. The summed E-state index contributed by atoms with van der Waals surface area (Å²) in [5.41, 5.74) is 5.58. The lowest BCUT2D eigenvalue weighted by Gasteiger charge is -2.35. The van der Waals surface area contributed by atoms with E-state index in [1.807, 2.05) is 0 Å². The quantitative estimate of drug-likeness (QED) is 0.581. The molecular formula is C22H22FN. The Morgan fingerprint density at radius 3 is 2.54 bits per heavy atom. The lowest BCUT2D eigenvalue weighted by molar-refractivity contribution is 0.548. The van der Waals surface area contributed by atoms with Crippen LogP contribution in [-0.2, 0) is 18.3 Å². The number of aryl methyl sites for hydroxylation is 2. The second kappa shape index (κ2) is 5.14. The molecular weight excluding hydrogens is 297 g/mol. The number of nitrogens with zero attached hydrogens (tertiary/aromatic N) is 1. The van der Waals surface area contributed by atoms with Crippen LogP contribution in [0, 0.1) is 5.82 Å². The van der Waals surface area contributed by atoms with Crippen molar-refractivity contribution in [2.24, 2.45) is 0 Å². The molecule has 0 fully saturated rings. The van der Waals surface area contributed by atoms with E-state index in [1.165, 1.54) is 16.3 Å². The molecule has 1 aliphatic carbocycles. The van der Waals surface area contributed by atoms with Crippen molar-refractivity contribution in [2.45, 2.75) is 46.0 Å². The van der Waals surface area contributed by atoms with E-state index < -0.39 is 0 Å². The van der Waals surface area contributed by atoms with Crippen LogP contribution in [0.2, 0.25) is 0 Å². The van der Waals surface area contributed by atoms with Gasteiger partial charge in [-0.1, -0.05) is 45.9 Å². The fourth-order valence-electron chi connectivity index (χ4n) is 4.09.